The van der Waals surface area contributed by atoms with Crippen molar-refractivity contribution in [3.8, 4) is 23.1 Å². The summed E-state index contributed by atoms with van der Waals surface area (Å²) in [7, 11) is 0. The van der Waals surface area contributed by atoms with Crippen LogP contribution in [0.3, 0.4) is 0 Å². The van der Waals surface area contributed by atoms with Crippen molar-refractivity contribution in [3.63, 3.8) is 0 Å². The van der Waals surface area contributed by atoms with E-state index in [-0.39, 0.29) is 40.7 Å². The second-order valence-electron chi connectivity index (χ2n) is 7.28. The Hall–Kier alpha value is -5.23. The second kappa shape index (κ2) is 10.1. The van der Waals surface area contributed by atoms with Crippen LogP contribution in [0.1, 0.15) is 36.8 Å². The van der Waals surface area contributed by atoms with Gasteiger partial charge in [0, 0.05) is 11.6 Å². The van der Waals surface area contributed by atoms with Crippen molar-refractivity contribution in [3.05, 3.63) is 101 Å². The lowest BCUT2D eigenvalue weighted by Crippen LogP contribution is -2.15. The zero-order chi connectivity index (χ0) is 24.8. The van der Waals surface area contributed by atoms with Gasteiger partial charge in [0.2, 0.25) is 0 Å². The van der Waals surface area contributed by atoms with Gasteiger partial charge in [-0.15, -0.1) is 0 Å². The van der Waals surface area contributed by atoms with Gasteiger partial charge in [0.15, 0.2) is 23.8 Å². The number of nitrogens with one attached hydrogen (secondary N) is 1. The predicted molar refractivity (Wildman–Crippen MR) is 124 cm³/mol. The molecule has 3 aromatic carbocycles. The number of aromatic nitrogens is 1. The second-order valence-corrected chi connectivity index (χ2v) is 7.28. The zero-order valence-electron chi connectivity index (χ0n) is 18.1. The van der Waals surface area contributed by atoms with Crippen LogP contribution < -0.4 is 10.1 Å². The number of anilines is 1. The summed E-state index contributed by atoms with van der Waals surface area (Å²) in [6.45, 7) is -0.195. The van der Waals surface area contributed by atoms with Crippen LogP contribution in [-0.4, -0.2) is 34.5 Å². The first-order chi connectivity index (χ1) is 17.0. The van der Waals surface area contributed by atoms with Gasteiger partial charge in [-0.1, -0.05) is 47.6 Å². The summed E-state index contributed by atoms with van der Waals surface area (Å²) in [6.07, 6.45) is 0. The summed E-state index contributed by atoms with van der Waals surface area (Å²) in [5.41, 5.74) is 0.816. The fourth-order valence-corrected chi connectivity index (χ4v) is 3.24. The molecule has 9 nitrogen and oxygen atoms in total. The first-order valence-electron chi connectivity index (χ1n) is 10.3. The van der Waals surface area contributed by atoms with Crippen LogP contribution >= 0.6 is 0 Å². The summed E-state index contributed by atoms with van der Waals surface area (Å²) in [6, 6.07) is 22.7. The number of rotatable bonds is 8. The van der Waals surface area contributed by atoms with Crippen molar-refractivity contribution >= 4 is 23.3 Å². The van der Waals surface area contributed by atoms with Gasteiger partial charge >= 0.3 is 5.97 Å². The lowest BCUT2D eigenvalue weighted by molar-refractivity contribution is 0.0697. The van der Waals surface area contributed by atoms with Gasteiger partial charge < -0.3 is 19.7 Å². The molecule has 0 aliphatic heterocycles. The summed E-state index contributed by atoms with van der Waals surface area (Å²) in [4.78, 5) is 36.6. The van der Waals surface area contributed by atoms with Gasteiger partial charge in [0.05, 0.1) is 28.4 Å². The molecule has 1 aromatic heterocycles. The normalized spacial score (nSPS) is 10.3. The molecule has 0 aliphatic rings. The fraction of sp³-hybridized carbons (Fsp3) is 0.0385. The van der Waals surface area contributed by atoms with E-state index < -0.39 is 11.9 Å². The molecule has 9 heteroatoms. The van der Waals surface area contributed by atoms with Crippen LogP contribution in [0.2, 0.25) is 0 Å². The van der Waals surface area contributed by atoms with Gasteiger partial charge in [-0.05, 0) is 30.3 Å². The van der Waals surface area contributed by atoms with E-state index in [1.807, 2.05) is 12.1 Å². The van der Waals surface area contributed by atoms with E-state index in [0.29, 0.717) is 16.9 Å². The molecule has 0 spiro atoms. The first kappa shape index (κ1) is 22.9. The molecule has 0 saturated heterocycles. The van der Waals surface area contributed by atoms with Crippen molar-refractivity contribution in [1.82, 2.24) is 5.16 Å². The third-order valence-corrected chi connectivity index (χ3v) is 4.98. The molecule has 0 aliphatic carbocycles. The number of nitrogens with zero attached hydrogens (tertiary/aromatic N) is 2. The lowest BCUT2D eigenvalue weighted by atomic mass is 10.1. The minimum absolute atomic E-state index is 0.00853. The maximum atomic E-state index is 12.7. The highest BCUT2D eigenvalue weighted by Crippen LogP contribution is 2.31. The SMILES string of the molecule is N#Cc1ccc(NC(=O)c2cc(-c3ccccc3OCC(=O)c3ccccc3)on2)c(C(=O)O)c1. The molecule has 1 heterocycles. The van der Waals surface area contributed by atoms with E-state index >= 15 is 0 Å². The van der Waals surface area contributed by atoms with Crippen LogP contribution in [0.4, 0.5) is 5.69 Å². The van der Waals surface area contributed by atoms with E-state index in [4.69, 9.17) is 14.5 Å². The van der Waals surface area contributed by atoms with Gasteiger partial charge in [0.1, 0.15) is 5.75 Å². The number of ether oxygens (including phenoxy) is 1. The number of hydrogen-bond acceptors (Lipinski definition) is 7. The molecule has 0 fully saturated rings. The first-order valence-corrected chi connectivity index (χ1v) is 10.3. The summed E-state index contributed by atoms with van der Waals surface area (Å²) in [5.74, 6) is -1.62. The topological polar surface area (TPSA) is 143 Å². The molecule has 0 saturated carbocycles. The molecule has 0 radical (unpaired) electrons. The number of carbonyl (C=O) groups is 3. The Morgan fingerprint density at radius 1 is 1.00 bits per heavy atom. The minimum Gasteiger partial charge on any atom is -0.485 e. The highest BCUT2D eigenvalue weighted by atomic mass is 16.5. The van der Waals surface area contributed by atoms with Crippen molar-refractivity contribution < 1.29 is 28.8 Å². The molecule has 4 aromatic rings. The maximum Gasteiger partial charge on any atom is 0.337 e. The summed E-state index contributed by atoms with van der Waals surface area (Å²) in [5, 5.41) is 24.6. The molecule has 2 N–H and O–H groups in total. The smallest absolute Gasteiger partial charge is 0.337 e. The van der Waals surface area contributed by atoms with Crippen LogP contribution in [0, 0.1) is 11.3 Å². The maximum absolute atomic E-state index is 12.7. The number of carboxylic acid groups (broad SMARTS) is 1. The Morgan fingerprint density at radius 2 is 1.74 bits per heavy atom. The van der Waals surface area contributed by atoms with E-state index in [1.54, 1.807) is 48.5 Å². The number of hydrogen-bond donors (Lipinski definition) is 2. The molecule has 4 rings (SSSR count). The molecule has 1 amide bonds. The minimum atomic E-state index is -1.30. The number of carbonyl (C=O) groups excluding carboxylic acids is 2. The number of nitriles is 1. The van der Waals surface area contributed by atoms with Gasteiger partial charge in [-0.25, -0.2) is 4.79 Å². The average Bonchev–Trinajstić information content (AvgIpc) is 3.38. The summed E-state index contributed by atoms with van der Waals surface area (Å²) < 4.78 is 11.0. The van der Waals surface area contributed by atoms with Crippen LogP contribution in [0.25, 0.3) is 11.3 Å². The van der Waals surface area contributed by atoms with E-state index in [9.17, 15) is 19.5 Å². The zero-order valence-corrected chi connectivity index (χ0v) is 18.1. The van der Waals surface area contributed by atoms with Crippen LogP contribution in [-0.2, 0) is 0 Å². The number of carboxylic acids is 1. The van der Waals surface area contributed by atoms with Crippen molar-refractivity contribution in [1.29, 1.82) is 5.26 Å². The van der Waals surface area contributed by atoms with Crippen molar-refractivity contribution in [2.45, 2.75) is 0 Å². The Morgan fingerprint density at radius 3 is 2.49 bits per heavy atom. The predicted octanol–water partition coefficient (Wildman–Crippen LogP) is 4.43. The Bertz CT molecular complexity index is 1450. The summed E-state index contributed by atoms with van der Waals surface area (Å²) >= 11 is 0. The Kier molecular flexibility index (Phi) is 6.65. The molecule has 35 heavy (non-hydrogen) atoms. The number of benzene rings is 3. The van der Waals surface area contributed by atoms with E-state index in [0.717, 1.165) is 6.07 Å². The number of Topliss-reactive ketones (excluding diaryl/α,β-unsaturated/α-hetero) is 1. The third-order valence-electron chi connectivity index (χ3n) is 4.98. The molecular weight excluding hydrogens is 450 g/mol. The molecule has 0 unspecified atom stereocenters. The highest BCUT2D eigenvalue weighted by Gasteiger charge is 2.20. The standard InChI is InChI=1S/C26H17N3O6/c27-14-16-10-11-20(19(12-16)26(32)33)28-25(31)21-13-24(35-29-21)18-8-4-5-9-23(18)34-15-22(30)17-6-2-1-3-7-17/h1-13H,15H2,(H,28,31)(H,32,33). The van der Waals surface area contributed by atoms with E-state index in [1.165, 1.54) is 18.2 Å². The van der Waals surface area contributed by atoms with Crippen LogP contribution in [0.5, 0.6) is 5.75 Å². The number of amides is 1. The Labute approximate surface area is 199 Å². The van der Waals surface area contributed by atoms with Gasteiger partial charge in [0.25, 0.3) is 5.91 Å². The number of aromatic carboxylic acids is 1. The van der Waals surface area contributed by atoms with Gasteiger partial charge in [-0.3, -0.25) is 9.59 Å². The number of ketones is 1. The van der Waals surface area contributed by atoms with Gasteiger partial charge in [-0.2, -0.15) is 5.26 Å². The largest absolute Gasteiger partial charge is 0.485 e. The fourth-order valence-electron chi connectivity index (χ4n) is 3.24. The Balaban J connectivity index is 1.51. The third kappa shape index (κ3) is 5.23. The van der Waals surface area contributed by atoms with Crippen LogP contribution in [0.15, 0.2) is 83.4 Å². The average molecular weight is 467 g/mol. The van der Waals surface area contributed by atoms with Crippen molar-refractivity contribution in [2.24, 2.45) is 0 Å². The molecule has 172 valence electrons. The quantitative estimate of drug-likeness (QED) is 0.363. The number of para-hydroxylation sites is 1. The monoisotopic (exact) mass is 467 g/mol. The van der Waals surface area contributed by atoms with Crippen molar-refractivity contribution in [2.75, 3.05) is 11.9 Å². The molecular formula is C26H17N3O6. The highest BCUT2D eigenvalue weighted by molar-refractivity contribution is 6.07. The van der Waals surface area contributed by atoms with E-state index in [2.05, 4.69) is 10.5 Å². The lowest BCUT2D eigenvalue weighted by Gasteiger charge is -2.09. The molecule has 0 bridgehead atoms. The molecule has 0 atom stereocenters.